The van der Waals surface area contributed by atoms with Crippen molar-refractivity contribution in [2.24, 2.45) is 5.73 Å². The molecule has 0 aromatic rings. The molecule has 0 heterocycles. The van der Waals surface area contributed by atoms with Gasteiger partial charge in [0.05, 0.1) is 5.57 Å². The van der Waals surface area contributed by atoms with Gasteiger partial charge < -0.3 is 5.11 Å². The monoisotopic (exact) mass is 165 g/mol. The zero-order chi connectivity index (χ0) is 8.86. The van der Waals surface area contributed by atoms with Crippen molar-refractivity contribution < 1.29 is 18.3 Å². The fourth-order valence-corrected chi connectivity index (χ4v) is 0.787. The lowest BCUT2D eigenvalue weighted by atomic mass is 9.83. The van der Waals surface area contributed by atoms with Gasteiger partial charge in [-0.05, 0) is 11.6 Å². The van der Waals surface area contributed by atoms with Crippen LogP contribution in [0.2, 0.25) is 0 Å². The lowest BCUT2D eigenvalue weighted by Crippen LogP contribution is -2.53. The van der Waals surface area contributed by atoms with E-state index in [2.05, 4.69) is 6.58 Å². The highest BCUT2D eigenvalue weighted by atomic mass is 19.4. The Morgan fingerprint density at radius 2 is 2.00 bits per heavy atom. The highest BCUT2D eigenvalue weighted by molar-refractivity contribution is 5.50. The van der Waals surface area contributed by atoms with E-state index in [4.69, 9.17) is 10.8 Å². The molecule has 0 radical (unpaired) electrons. The van der Waals surface area contributed by atoms with Crippen molar-refractivity contribution in [2.45, 2.75) is 11.9 Å². The predicted octanol–water partition coefficient (Wildman–Crippen LogP) is 0.692. The first-order valence-electron chi connectivity index (χ1n) is 2.76. The Bertz CT molecular complexity index is 239. The standard InChI is InChI=1S/C6H6F3NO/c1-3-2-4(5(3,10)11)6(7,8)9/h2,11H,1,10H2. The van der Waals surface area contributed by atoms with E-state index in [9.17, 15) is 13.2 Å². The number of rotatable bonds is 0. The molecule has 1 atom stereocenters. The van der Waals surface area contributed by atoms with Crippen LogP contribution in [0.15, 0.2) is 23.8 Å². The van der Waals surface area contributed by atoms with Crippen molar-refractivity contribution in [2.75, 3.05) is 0 Å². The van der Waals surface area contributed by atoms with Crippen LogP contribution < -0.4 is 5.73 Å². The van der Waals surface area contributed by atoms with E-state index in [1.165, 1.54) is 0 Å². The van der Waals surface area contributed by atoms with Gasteiger partial charge in [-0.25, -0.2) is 0 Å². The smallest absolute Gasteiger partial charge is 0.368 e. The lowest BCUT2D eigenvalue weighted by Gasteiger charge is -2.36. The Morgan fingerprint density at radius 3 is 2.09 bits per heavy atom. The van der Waals surface area contributed by atoms with Crippen LogP contribution in [-0.4, -0.2) is 17.0 Å². The molecule has 0 aromatic carbocycles. The topological polar surface area (TPSA) is 46.2 Å². The summed E-state index contributed by atoms with van der Waals surface area (Å²) in [6, 6.07) is 0. The van der Waals surface area contributed by atoms with Crippen molar-refractivity contribution in [3.63, 3.8) is 0 Å². The van der Waals surface area contributed by atoms with Gasteiger partial charge in [0.1, 0.15) is 0 Å². The van der Waals surface area contributed by atoms with E-state index >= 15 is 0 Å². The number of halogens is 3. The SMILES string of the molecule is C=C1C=C(C(F)(F)F)C1(N)O. The van der Waals surface area contributed by atoms with Crippen molar-refractivity contribution in [1.82, 2.24) is 0 Å². The second-order valence-corrected chi connectivity index (χ2v) is 2.35. The summed E-state index contributed by atoms with van der Waals surface area (Å²) in [6.07, 6.45) is -3.84. The van der Waals surface area contributed by atoms with Crippen molar-refractivity contribution >= 4 is 0 Å². The van der Waals surface area contributed by atoms with Gasteiger partial charge in [0.2, 0.25) is 0 Å². The Labute approximate surface area is 60.8 Å². The zero-order valence-electron chi connectivity index (χ0n) is 5.44. The van der Waals surface area contributed by atoms with E-state index < -0.39 is 17.5 Å². The van der Waals surface area contributed by atoms with E-state index in [0.717, 1.165) is 6.08 Å². The molecular formula is C6H6F3NO. The summed E-state index contributed by atoms with van der Waals surface area (Å²) in [6.45, 7) is 3.13. The average Bonchev–Trinajstić information content (AvgIpc) is 1.80. The van der Waals surface area contributed by atoms with Crippen LogP contribution in [0, 0.1) is 0 Å². The fraction of sp³-hybridized carbons (Fsp3) is 0.333. The second kappa shape index (κ2) is 1.86. The van der Waals surface area contributed by atoms with E-state index in [0.29, 0.717) is 0 Å². The fourth-order valence-electron chi connectivity index (χ4n) is 0.787. The number of aliphatic hydroxyl groups is 1. The molecule has 0 spiro atoms. The highest BCUT2D eigenvalue weighted by Gasteiger charge is 2.52. The number of hydrogen-bond donors (Lipinski definition) is 2. The summed E-state index contributed by atoms with van der Waals surface area (Å²) < 4.78 is 35.5. The first-order chi connectivity index (χ1) is 4.76. The summed E-state index contributed by atoms with van der Waals surface area (Å²) in [5.41, 5.74) is 1.22. The molecule has 0 saturated heterocycles. The molecule has 5 heteroatoms. The molecule has 3 N–H and O–H groups in total. The van der Waals surface area contributed by atoms with Gasteiger partial charge >= 0.3 is 6.18 Å². The molecule has 2 nitrogen and oxygen atoms in total. The molecule has 1 aliphatic rings. The first-order valence-corrected chi connectivity index (χ1v) is 2.76. The van der Waals surface area contributed by atoms with Crippen molar-refractivity contribution in [1.29, 1.82) is 0 Å². The summed E-state index contributed by atoms with van der Waals surface area (Å²) >= 11 is 0. The molecule has 62 valence electrons. The Hall–Kier alpha value is -0.810. The third kappa shape index (κ3) is 1.06. The molecular weight excluding hydrogens is 159 g/mol. The zero-order valence-corrected chi connectivity index (χ0v) is 5.44. The Kier molecular flexibility index (Phi) is 1.40. The van der Waals surface area contributed by atoms with Gasteiger partial charge in [-0.15, -0.1) is 0 Å². The van der Waals surface area contributed by atoms with E-state index in [1.54, 1.807) is 0 Å². The van der Waals surface area contributed by atoms with Crippen LogP contribution in [0.25, 0.3) is 0 Å². The molecule has 0 aromatic heterocycles. The molecule has 0 aliphatic heterocycles. The number of hydrogen-bond acceptors (Lipinski definition) is 2. The van der Waals surface area contributed by atoms with Gasteiger partial charge in [-0.3, -0.25) is 5.73 Å². The third-order valence-corrected chi connectivity index (χ3v) is 1.52. The van der Waals surface area contributed by atoms with Crippen LogP contribution in [0.5, 0.6) is 0 Å². The maximum atomic E-state index is 11.8. The molecule has 1 rings (SSSR count). The summed E-state index contributed by atoms with van der Waals surface area (Å²) in [4.78, 5) is 0. The van der Waals surface area contributed by atoms with Crippen LogP contribution in [-0.2, 0) is 0 Å². The summed E-state index contributed by atoms with van der Waals surface area (Å²) in [5, 5.41) is 8.87. The molecule has 11 heavy (non-hydrogen) atoms. The molecule has 1 aliphatic carbocycles. The van der Waals surface area contributed by atoms with Crippen LogP contribution in [0.4, 0.5) is 13.2 Å². The third-order valence-electron chi connectivity index (χ3n) is 1.52. The molecule has 0 saturated carbocycles. The highest BCUT2D eigenvalue weighted by Crippen LogP contribution is 2.42. The Morgan fingerprint density at radius 1 is 1.55 bits per heavy atom. The number of alkyl halides is 3. The molecule has 1 unspecified atom stereocenters. The van der Waals surface area contributed by atoms with Crippen LogP contribution in [0.1, 0.15) is 0 Å². The Balaban J connectivity index is 2.97. The molecule has 0 fully saturated rings. The van der Waals surface area contributed by atoms with Gasteiger partial charge in [0.25, 0.3) is 0 Å². The number of nitrogens with two attached hydrogens (primary N) is 1. The van der Waals surface area contributed by atoms with Crippen molar-refractivity contribution in [3.05, 3.63) is 23.8 Å². The minimum Gasteiger partial charge on any atom is -0.368 e. The average molecular weight is 165 g/mol. The first kappa shape index (κ1) is 8.29. The molecule has 0 bridgehead atoms. The largest absolute Gasteiger partial charge is 0.417 e. The van der Waals surface area contributed by atoms with Gasteiger partial charge in [0, 0.05) is 0 Å². The van der Waals surface area contributed by atoms with Gasteiger partial charge in [-0.2, -0.15) is 13.2 Å². The maximum absolute atomic E-state index is 11.8. The summed E-state index contributed by atoms with van der Waals surface area (Å²) in [7, 11) is 0. The normalized spacial score (nSPS) is 31.4. The van der Waals surface area contributed by atoms with Crippen molar-refractivity contribution in [3.8, 4) is 0 Å². The minimum absolute atomic E-state index is 0.121. The molecule has 0 amide bonds. The maximum Gasteiger partial charge on any atom is 0.417 e. The van der Waals surface area contributed by atoms with Crippen LogP contribution in [0.3, 0.4) is 0 Å². The predicted molar refractivity (Wildman–Crippen MR) is 32.4 cm³/mol. The second-order valence-electron chi connectivity index (χ2n) is 2.35. The van der Waals surface area contributed by atoms with Crippen LogP contribution >= 0.6 is 0 Å². The quantitative estimate of drug-likeness (QED) is 0.519. The van der Waals surface area contributed by atoms with Gasteiger partial charge in [-0.1, -0.05) is 6.58 Å². The van der Waals surface area contributed by atoms with Gasteiger partial charge in [0.15, 0.2) is 5.72 Å². The minimum atomic E-state index is -4.56. The van der Waals surface area contributed by atoms with E-state index in [1.807, 2.05) is 0 Å². The summed E-state index contributed by atoms with van der Waals surface area (Å²) in [5.74, 6) is 0. The lowest BCUT2D eigenvalue weighted by molar-refractivity contribution is -0.119. The van der Waals surface area contributed by atoms with E-state index in [-0.39, 0.29) is 5.57 Å².